The molecule has 0 saturated carbocycles. The summed E-state index contributed by atoms with van der Waals surface area (Å²) in [5.41, 5.74) is 2.50. The molecule has 2 aromatic heterocycles. The number of aromatic nitrogens is 3. The summed E-state index contributed by atoms with van der Waals surface area (Å²) < 4.78 is 35.2. The summed E-state index contributed by atoms with van der Waals surface area (Å²) in [6.45, 7) is 1.91. The van der Waals surface area contributed by atoms with Gasteiger partial charge in [-0.1, -0.05) is 6.07 Å². The molecule has 4 rings (SSSR count). The number of fused-ring (bicyclic) bond motifs is 1. The number of rotatable bonds is 10. The van der Waals surface area contributed by atoms with Gasteiger partial charge < -0.3 is 33.0 Å². The van der Waals surface area contributed by atoms with Crippen molar-refractivity contribution in [1.29, 1.82) is 0 Å². The van der Waals surface area contributed by atoms with Crippen LogP contribution in [0.1, 0.15) is 23.0 Å². The Morgan fingerprint density at radius 1 is 0.919 bits per heavy atom. The smallest absolute Gasteiger partial charge is 0.340 e. The number of hydrogen-bond donors (Lipinski definition) is 0. The molecule has 2 aromatic carbocycles. The summed E-state index contributed by atoms with van der Waals surface area (Å²) >= 11 is 0. The molecule has 0 bridgehead atoms. The number of nitrogens with zero attached hydrogens (tertiary/aromatic N) is 3. The number of imidazole rings is 1. The quantitative estimate of drug-likeness (QED) is 0.289. The molecule has 0 aliphatic heterocycles. The highest BCUT2D eigenvalue weighted by molar-refractivity contribution is 6.08. The summed E-state index contributed by atoms with van der Waals surface area (Å²) in [6.07, 6.45) is 3.39. The predicted molar refractivity (Wildman–Crippen MR) is 137 cm³/mol. The molecule has 10 heteroatoms. The van der Waals surface area contributed by atoms with E-state index in [1.165, 1.54) is 0 Å². The van der Waals surface area contributed by atoms with E-state index in [9.17, 15) is 4.79 Å². The molecule has 0 aliphatic carbocycles. The summed E-state index contributed by atoms with van der Waals surface area (Å²) in [7, 11) is 8.03. The van der Waals surface area contributed by atoms with Crippen molar-refractivity contribution in [2.24, 2.45) is 7.05 Å². The number of methoxy groups -OCH3 is 4. The Morgan fingerprint density at radius 2 is 1.59 bits per heavy atom. The highest BCUT2D eigenvalue weighted by Gasteiger charge is 2.26. The number of aryl methyl sites for hydroxylation is 1. The lowest BCUT2D eigenvalue weighted by Gasteiger charge is -2.19. The molecular weight excluding hydrogens is 478 g/mol. The molecule has 0 fully saturated rings. The van der Waals surface area contributed by atoms with Crippen LogP contribution in [0.25, 0.3) is 22.0 Å². The molecular formula is C27H29N3O7. The van der Waals surface area contributed by atoms with E-state index in [4.69, 9.17) is 33.4 Å². The van der Waals surface area contributed by atoms with Gasteiger partial charge in [0.15, 0.2) is 23.0 Å². The first-order valence-corrected chi connectivity index (χ1v) is 11.5. The summed E-state index contributed by atoms with van der Waals surface area (Å²) in [6, 6.07) is 9.36. The molecule has 0 aliphatic rings. The molecule has 0 amide bonds. The molecule has 0 radical (unpaired) electrons. The Morgan fingerprint density at radius 3 is 2.22 bits per heavy atom. The molecule has 0 N–H and O–H groups in total. The van der Waals surface area contributed by atoms with E-state index in [0.29, 0.717) is 56.7 Å². The van der Waals surface area contributed by atoms with Crippen molar-refractivity contribution in [3.8, 4) is 40.1 Å². The van der Waals surface area contributed by atoms with Crippen LogP contribution in [0.15, 0.2) is 42.7 Å². The van der Waals surface area contributed by atoms with Gasteiger partial charge in [0.1, 0.15) is 6.61 Å². The highest BCUT2D eigenvalue weighted by atomic mass is 16.5. The van der Waals surface area contributed by atoms with Crippen LogP contribution in [-0.2, 0) is 18.4 Å². The van der Waals surface area contributed by atoms with E-state index in [-0.39, 0.29) is 18.8 Å². The Bertz CT molecular complexity index is 1430. The van der Waals surface area contributed by atoms with Gasteiger partial charge in [0.25, 0.3) is 6.01 Å². The third kappa shape index (κ3) is 4.95. The van der Waals surface area contributed by atoms with Gasteiger partial charge in [-0.15, -0.1) is 0 Å². The lowest BCUT2D eigenvalue weighted by Crippen LogP contribution is -2.15. The van der Waals surface area contributed by atoms with Gasteiger partial charge in [-0.25, -0.2) is 14.8 Å². The van der Waals surface area contributed by atoms with E-state index < -0.39 is 5.97 Å². The van der Waals surface area contributed by atoms with E-state index in [0.717, 1.165) is 0 Å². The summed E-state index contributed by atoms with van der Waals surface area (Å²) in [5.74, 6) is 1.52. The van der Waals surface area contributed by atoms with Crippen molar-refractivity contribution < 1.29 is 33.2 Å². The molecule has 194 valence electrons. The van der Waals surface area contributed by atoms with E-state index in [2.05, 4.69) is 4.98 Å². The van der Waals surface area contributed by atoms with Gasteiger partial charge in [0.2, 0.25) is 0 Å². The first-order chi connectivity index (χ1) is 17.9. The van der Waals surface area contributed by atoms with Crippen LogP contribution in [0.5, 0.6) is 29.0 Å². The Balaban J connectivity index is 2.05. The average molecular weight is 508 g/mol. The third-order valence-electron chi connectivity index (χ3n) is 5.83. The van der Waals surface area contributed by atoms with Crippen molar-refractivity contribution >= 4 is 16.9 Å². The van der Waals surface area contributed by atoms with Crippen molar-refractivity contribution in [2.45, 2.75) is 13.5 Å². The minimum absolute atomic E-state index is 0.0242. The van der Waals surface area contributed by atoms with Crippen molar-refractivity contribution in [3.05, 3.63) is 54.0 Å². The first kappa shape index (κ1) is 25.6. The fourth-order valence-corrected chi connectivity index (χ4v) is 4.08. The van der Waals surface area contributed by atoms with Crippen LogP contribution in [0.3, 0.4) is 0 Å². The number of pyridine rings is 1. The van der Waals surface area contributed by atoms with Crippen molar-refractivity contribution in [2.75, 3.05) is 35.0 Å². The van der Waals surface area contributed by atoms with E-state index in [1.807, 2.05) is 13.1 Å². The fraction of sp³-hybridized carbons (Fsp3) is 0.296. The molecule has 37 heavy (non-hydrogen) atoms. The Hall–Kier alpha value is -4.47. The second-order valence-corrected chi connectivity index (χ2v) is 7.93. The van der Waals surface area contributed by atoms with E-state index >= 15 is 0 Å². The van der Waals surface area contributed by atoms with Crippen LogP contribution in [0.2, 0.25) is 0 Å². The largest absolute Gasteiger partial charge is 0.493 e. The normalized spacial score (nSPS) is 10.8. The predicted octanol–water partition coefficient (Wildman–Crippen LogP) is 4.43. The second kappa shape index (κ2) is 11.1. The van der Waals surface area contributed by atoms with Crippen molar-refractivity contribution in [3.63, 3.8) is 0 Å². The molecule has 0 spiro atoms. The Kier molecular flexibility index (Phi) is 7.66. The molecule has 0 saturated heterocycles. The first-order valence-electron chi connectivity index (χ1n) is 11.5. The second-order valence-electron chi connectivity index (χ2n) is 7.93. The number of hydrogen-bond acceptors (Lipinski definition) is 9. The molecule has 10 nitrogen and oxygen atoms in total. The van der Waals surface area contributed by atoms with Crippen LogP contribution < -0.4 is 23.7 Å². The van der Waals surface area contributed by atoms with Crippen molar-refractivity contribution in [1.82, 2.24) is 14.5 Å². The standard InChI is InChI=1S/C27H29N3O7/c1-7-36-26(31)25-19(15-37-27-28-10-11-30(27)2)29-18-14-23(35-6)22(34-5)13-17(18)24(25)16-8-9-20(32-3)21(12-16)33-4/h8-14H,7,15H2,1-6H3. The molecule has 0 unspecified atom stereocenters. The lowest BCUT2D eigenvalue weighted by atomic mass is 9.93. The number of ether oxygens (including phenoxy) is 6. The molecule has 4 aromatic rings. The van der Waals surface area contributed by atoms with Crippen LogP contribution in [0.4, 0.5) is 0 Å². The highest BCUT2D eigenvalue weighted by Crippen LogP contribution is 2.42. The van der Waals surface area contributed by atoms with Gasteiger partial charge in [0.05, 0.1) is 51.8 Å². The Labute approximate surface area is 214 Å². The van der Waals surface area contributed by atoms with Gasteiger partial charge in [-0.2, -0.15) is 0 Å². The molecule has 0 atom stereocenters. The average Bonchev–Trinajstić information content (AvgIpc) is 3.34. The summed E-state index contributed by atoms with van der Waals surface area (Å²) in [5, 5.41) is 0.661. The maximum Gasteiger partial charge on any atom is 0.340 e. The zero-order valence-electron chi connectivity index (χ0n) is 21.7. The minimum Gasteiger partial charge on any atom is -0.493 e. The van der Waals surface area contributed by atoms with Gasteiger partial charge in [-0.3, -0.25) is 0 Å². The minimum atomic E-state index is -0.532. The van der Waals surface area contributed by atoms with Gasteiger partial charge in [0, 0.05) is 36.5 Å². The van der Waals surface area contributed by atoms with Crippen LogP contribution in [-0.4, -0.2) is 55.6 Å². The lowest BCUT2D eigenvalue weighted by molar-refractivity contribution is 0.0523. The van der Waals surface area contributed by atoms with Crippen LogP contribution in [0, 0.1) is 0 Å². The zero-order chi connectivity index (χ0) is 26.5. The zero-order valence-corrected chi connectivity index (χ0v) is 21.7. The van der Waals surface area contributed by atoms with Gasteiger partial charge in [-0.05, 0) is 30.7 Å². The number of esters is 1. The van der Waals surface area contributed by atoms with Crippen LogP contribution >= 0.6 is 0 Å². The SMILES string of the molecule is CCOC(=O)c1c(COc2nccn2C)nc2cc(OC)c(OC)cc2c1-c1ccc(OC)c(OC)c1. The maximum atomic E-state index is 13.4. The van der Waals surface area contributed by atoms with Gasteiger partial charge >= 0.3 is 5.97 Å². The fourth-order valence-electron chi connectivity index (χ4n) is 4.08. The summed E-state index contributed by atoms with van der Waals surface area (Å²) in [4.78, 5) is 22.4. The topological polar surface area (TPSA) is 103 Å². The maximum absolute atomic E-state index is 13.4. The number of carbonyl (C=O) groups is 1. The number of carbonyl (C=O) groups excluding carboxylic acids is 1. The monoisotopic (exact) mass is 507 g/mol. The molecule has 2 heterocycles. The van der Waals surface area contributed by atoms with E-state index in [1.54, 1.807) is 76.6 Å². The third-order valence-corrected chi connectivity index (χ3v) is 5.83. The number of benzene rings is 2.